The zero-order valence-electron chi connectivity index (χ0n) is 9.62. The van der Waals surface area contributed by atoms with Crippen LogP contribution in [0.5, 0.6) is 0 Å². The number of aromatic nitrogens is 1. The van der Waals surface area contributed by atoms with E-state index in [9.17, 15) is 10.2 Å². The molecule has 0 bridgehead atoms. The molecule has 1 aliphatic heterocycles. The second-order valence-corrected chi connectivity index (χ2v) is 5.46. The molecule has 1 aromatic carbocycles. The van der Waals surface area contributed by atoms with E-state index >= 15 is 0 Å². The number of hydrogen-bond acceptors (Lipinski definition) is 4. The van der Waals surface area contributed by atoms with Gasteiger partial charge in [-0.3, -0.25) is 0 Å². The average Bonchev–Trinajstić information content (AvgIpc) is 2.69. The van der Waals surface area contributed by atoms with Crippen molar-refractivity contribution in [2.75, 3.05) is 18.0 Å². The topological polar surface area (TPSA) is 56.6 Å². The van der Waals surface area contributed by atoms with Crippen molar-refractivity contribution in [3.63, 3.8) is 0 Å². The molecule has 0 spiro atoms. The highest BCUT2D eigenvalue weighted by Gasteiger charge is 2.30. The van der Waals surface area contributed by atoms with E-state index in [1.54, 1.807) is 0 Å². The first-order valence-electron chi connectivity index (χ1n) is 5.81. The number of anilines is 1. The predicted molar refractivity (Wildman–Crippen MR) is 73.7 cm³/mol. The Bertz CT molecular complexity index is 580. The summed E-state index contributed by atoms with van der Waals surface area (Å²) >= 11 is 3.43. The molecule has 2 aromatic rings. The normalized spacial score (nSPS) is 23.8. The van der Waals surface area contributed by atoms with Gasteiger partial charge in [-0.2, -0.15) is 0 Å². The van der Waals surface area contributed by atoms with Crippen LogP contribution in [-0.4, -0.2) is 40.5 Å². The van der Waals surface area contributed by atoms with Gasteiger partial charge in [-0.05, 0) is 30.3 Å². The van der Waals surface area contributed by atoms with Crippen LogP contribution in [0.3, 0.4) is 0 Å². The van der Waals surface area contributed by atoms with Crippen molar-refractivity contribution in [3.8, 4) is 0 Å². The van der Waals surface area contributed by atoms with Crippen LogP contribution in [0.4, 0.5) is 5.82 Å². The smallest absolute Gasteiger partial charge is 0.129 e. The van der Waals surface area contributed by atoms with Crippen LogP contribution in [0.1, 0.15) is 0 Å². The Labute approximate surface area is 113 Å². The summed E-state index contributed by atoms with van der Waals surface area (Å²) in [5, 5.41) is 20.2. The fourth-order valence-corrected chi connectivity index (χ4v) is 2.60. The number of fused-ring (bicyclic) bond motifs is 1. The van der Waals surface area contributed by atoms with E-state index in [0.717, 1.165) is 21.2 Å². The molecule has 1 aliphatic rings. The van der Waals surface area contributed by atoms with Crippen LogP contribution in [0.15, 0.2) is 34.8 Å². The number of aliphatic hydroxyl groups excluding tert-OH is 2. The van der Waals surface area contributed by atoms with E-state index in [-0.39, 0.29) is 0 Å². The largest absolute Gasteiger partial charge is 0.389 e. The van der Waals surface area contributed by atoms with E-state index in [1.165, 1.54) is 0 Å². The molecule has 18 heavy (non-hydrogen) atoms. The van der Waals surface area contributed by atoms with E-state index in [4.69, 9.17) is 0 Å². The van der Waals surface area contributed by atoms with Crippen molar-refractivity contribution in [2.24, 2.45) is 0 Å². The lowest BCUT2D eigenvalue weighted by Crippen LogP contribution is -2.22. The molecule has 3 rings (SSSR count). The van der Waals surface area contributed by atoms with Gasteiger partial charge in [-0.25, -0.2) is 4.98 Å². The Balaban J connectivity index is 1.96. The molecule has 2 unspecified atom stereocenters. The molecule has 0 radical (unpaired) electrons. The maximum Gasteiger partial charge on any atom is 0.129 e. The third kappa shape index (κ3) is 2.09. The molecular formula is C13H13BrN2O2. The van der Waals surface area contributed by atoms with Crippen molar-refractivity contribution in [3.05, 3.63) is 34.8 Å². The van der Waals surface area contributed by atoms with E-state index in [1.807, 2.05) is 35.2 Å². The van der Waals surface area contributed by atoms with Gasteiger partial charge in [-0.1, -0.05) is 15.9 Å². The van der Waals surface area contributed by atoms with Gasteiger partial charge < -0.3 is 15.1 Å². The van der Waals surface area contributed by atoms with Gasteiger partial charge in [0.2, 0.25) is 0 Å². The summed E-state index contributed by atoms with van der Waals surface area (Å²) in [4.78, 5) is 6.45. The fraction of sp³-hybridized carbons (Fsp3) is 0.308. The van der Waals surface area contributed by atoms with Gasteiger partial charge in [0.25, 0.3) is 0 Å². The summed E-state index contributed by atoms with van der Waals surface area (Å²) in [6.45, 7) is 0.854. The van der Waals surface area contributed by atoms with Crippen molar-refractivity contribution < 1.29 is 10.2 Å². The van der Waals surface area contributed by atoms with Crippen molar-refractivity contribution in [2.45, 2.75) is 12.2 Å². The first kappa shape index (κ1) is 11.9. The lowest BCUT2D eigenvalue weighted by Gasteiger charge is -2.16. The summed E-state index contributed by atoms with van der Waals surface area (Å²) in [6.07, 6.45) is -1.38. The Kier molecular flexibility index (Phi) is 2.97. The molecule has 5 heteroatoms. The maximum atomic E-state index is 9.55. The molecule has 1 saturated heterocycles. The lowest BCUT2D eigenvalue weighted by molar-refractivity contribution is 0.0572. The van der Waals surface area contributed by atoms with Gasteiger partial charge in [-0.15, -0.1) is 0 Å². The molecular weight excluding hydrogens is 296 g/mol. The second-order valence-electron chi connectivity index (χ2n) is 4.55. The Morgan fingerprint density at radius 2 is 1.83 bits per heavy atom. The van der Waals surface area contributed by atoms with Gasteiger partial charge in [0, 0.05) is 22.9 Å². The first-order valence-corrected chi connectivity index (χ1v) is 6.60. The van der Waals surface area contributed by atoms with Crippen LogP contribution in [0, 0.1) is 0 Å². The average molecular weight is 309 g/mol. The second kappa shape index (κ2) is 4.50. The van der Waals surface area contributed by atoms with Gasteiger partial charge in [0.05, 0.1) is 17.7 Å². The zero-order chi connectivity index (χ0) is 12.7. The number of hydrogen-bond donors (Lipinski definition) is 2. The summed E-state index contributed by atoms with van der Waals surface area (Å²) < 4.78 is 1.02. The third-order valence-corrected chi connectivity index (χ3v) is 3.71. The third-order valence-electron chi connectivity index (χ3n) is 3.22. The van der Waals surface area contributed by atoms with E-state index in [0.29, 0.717) is 13.1 Å². The zero-order valence-corrected chi connectivity index (χ0v) is 11.2. The predicted octanol–water partition coefficient (Wildman–Crippen LogP) is 1.54. The molecule has 2 atom stereocenters. The van der Waals surface area contributed by atoms with Crippen LogP contribution in [0.2, 0.25) is 0 Å². The number of pyridine rings is 1. The molecule has 1 aromatic heterocycles. The molecule has 94 valence electrons. The fourth-order valence-electron chi connectivity index (χ4n) is 2.22. The standard InChI is InChI=1S/C13H13BrN2O2/c14-9-2-3-10-8(5-9)1-4-13(15-10)16-6-11(17)12(18)7-16/h1-5,11-12,17-18H,6-7H2. The highest BCUT2D eigenvalue weighted by molar-refractivity contribution is 9.10. The molecule has 0 amide bonds. The minimum atomic E-state index is -0.688. The van der Waals surface area contributed by atoms with Crippen LogP contribution in [0.25, 0.3) is 10.9 Å². The molecule has 4 nitrogen and oxygen atoms in total. The Morgan fingerprint density at radius 3 is 2.56 bits per heavy atom. The maximum absolute atomic E-state index is 9.55. The van der Waals surface area contributed by atoms with E-state index < -0.39 is 12.2 Å². The van der Waals surface area contributed by atoms with Gasteiger partial charge in [0.15, 0.2) is 0 Å². The molecule has 2 heterocycles. The number of β-amino-alcohol motifs (C(OH)–C–C–N with tert-alkyl or cyclic N) is 2. The number of halogens is 1. The number of rotatable bonds is 1. The van der Waals surface area contributed by atoms with Crippen LogP contribution in [-0.2, 0) is 0 Å². The van der Waals surface area contributed by atoms with Crippen LogP contribution >= 0.6 is 15.9 Å². The summed E-state index contributed by atoms with van der Waals surface area (Å²) in [7, 11) is 0. The van der Waals surface area contributed by atoms with Crippen LogP contribution < -0.4 is 4.90 Å². The number of aliphatic hydroxyl groups is 2. The van der Waals surface area contributed by atoms with Crippen molar-refractivity contribution in [1.82, 2.24) is 4.98 Å². The summed E-state index contributed by atoms with van der Waals surface area (Å²) in [5.41, 5.74) is 0.909. The van der Waals surface area contributed by atoms with E-state index in [2.05, 4.69) is 20.9 Å². The summed E-state index contributed by atoms with van der Waals surface area (Å²) in [6, 6.07) is 9.83. The highest BCUT2D eigenvalue weighted by atomic mass is 79.9. The quantitative estimate of drug-likeness (QED) is 0.839. The van der Waals surface area contributed by atoms with Crippen molar-refractivity contribution in [1.29, 1.82) is 0 Å². The lowest BCUT2D eigenvalue weighted by atomic mass is 10.2. The van der Waals surface area contributed by atoms with Crippen molar-refractivity contribution >= 4 is 32.7 Å². The molecule has 2 N–H and O–H groups in total. The minimum Gasteiger partial charge on any atom is -0.389 e. The van der Waals surface area contributed by atoms with Gasteiger partial charge >= 0.3 is 0 Å². The molecule has 0 aliphatic carbocycles. The molecule has 1 fully saturated rings. The number of benzene rings is 1. The highest BCUT2D eigenvalue weighted by Crippen LogP contribution is 2.24. The SMILES string of the molecule is OC1CN(c2ccc3cc(Br)ccc3n2)CC1O. The Hall–Kier alpha value is -1.17. The number of nitrogens with zero attached hydrogens (tertiary/aromatic N) is 2. The Morgan fingerprint density at radius 1 is 1.11 bits per heavy atom. The first-order chi connectivity index (χ1) is 8.63. The van der Waals surface area contributed by atoms with Gasteiger partial charge in [0.1, 0.15) is 5.82 Å². The summed E-state index contributed by atoms with van der Waals surface area (Å²) in [5.74, 6) is 0.792. The minimum absolute atomic E-state index is 0.427. The monoisotopic (exact) mass is 308 g/mol. The molecule has 0 saturated carbocycles.